The van der Waals surface area contributed by atoms with Crippen LogP contribution in [0.3, 0.4) is 0 Å². The number of rotatable bonds is 3. The third kappa shape index (κ3) is 2.80. The lowest BCUT2D eigenvalue weighted by Crippen LogP contribution is -1.90. The Labute approximate surface area is 112 Å². The van der Waals surface area contributed by atoms with Crippen molar-refractivity contribution in [1.82, 2.24) is 9.97 Å². The number of nitro groups is 1. The van der Waals surface area contributed by atoms with Crippen LogP contribution in [0.2, 0.25) is 5.15 Å². The molecule has 2 heterocycles. The normalized spacial score (nSPS) is 10.6. The summed E-state index contributed by atoms with van der Waals surface area (Å²) in [5.41, 5.74) is 0.659. The van der Waals surface area contributed by atoms with Crippen LogP contribution in [0.5, 0.6) is 0 Å². The fraction of sp³-hybridized carbons (Fsp3) is 0.200. The number of halogens is 1. The molecule has 0 atom stereocenters. The summed E-state index contributed by atoms with van der Waals surface area (Å²) in [6, 6.07) is 2.52. The number of nitrogens with zero attached hydrogens (tertiary/aromatic N) is 3. The average molecular weight is 286 g/mol. The Balaban J connectivity index is 2.31. The van der Waals surface area contributed by atoms with E-state index in [1.165, 1.54) is 12.1 Å². The van der Waals surface area contributed by atoms with Gasteiger partial charge in [0, 0.05) is 6.07 Å². The maximum Gasteiger partial charge on any atom is 0.275 e. The van der Waals surface area contributed by atoms with Gasteiger partial charge in [0.25, 0.3) is 10.9 Å². The predicted octanol–water partition coefficient (Wildman–Crippen LogP) is 3.40. The highest BCUT2D eigenvalue weighted by Crippen LogP contribution is 2.30. The van der Waals surface area contributed by atoms with E-state index in [4.69, 9.17) is 16.0 Å². The second-order valence-corrected chi connectivity index (χ2v) is 4.83. The van der Waals surface area contributed by atoms with Gasteiger partial charge in [0.1, 0.15) is 15.9 Å². The van der Waals surface area contributed by atoms with Gasteiger partial charge in [-0.1, -0.05) is 11.6 Å². The first kappa shape index (κ1) is 12.8. The summed E-state index contributed by atoms with van der Waals surface area (Å²) in [6.45, 7) is 3.61. The first-order chi connectivity index (χ1) is 8.45. The summed E-state index contributed by atoms with van der Waals surface area (Å²) in [5, 5.41) is 11.5. The molecule has 0 bridgehead atoms. The Morgan fingerprint density at radius 2 is 2.11 bits per heavy atom. The summed E-state index contributed by atoms with van der Waals surface area (Å²) in [4.78, 5) is 18.3. The molecule has 0 radical (unpaired) electrons. The van der Waals surface area contributed by atoms with Gasteiger partial charge >= 0.3 is 0 Å². The van der Waals surface area contributed by atoms with E-state index in [9.17, 15) is 10.1 Å². The van der Waals surface area contributed by atoms with Crippen molar-refractivity contribution < 1.29 is 9.34 Å². The summed E-state index contributed by atoms with van der Waals surface area (Å²) in [5.74, 6) is 0.703. The van der Waals surface area contributed by atoms with E-state index in [-0.39, 0.29) is 10.8 Å². The number of pyridine rings is 1. The van der Waals surface area contributed by atoms with Gasteiger partial charge < -0.3 is 4.42 Å². The fourth-order valence-electron chi connectivity index (χ4n) is 1.19. The van der Waals surface area contributed by atoms with Gasteiger partial charge in [-0.25, -0.2) is 9.97 Å². The lowest BCUT2D eigenvalue weighted by molar-refractivity contribution is -0.385. The van der Waals surface area contributed by atoms with Crippen LogP contribution in [0.1, 0.15) is 11.5 Å². The van der Waals surface area contributed by atoms with Crippen molar-refractivity contribution in [2.24, 2.45) is 0 Å². The summed E-state index contributed by atoms with van der Waals surface area (Å²) in [6.07, 6.45) is 0. The van der Waals surface area contributed by atoms with Crippen molar-refractivity contribution in [3.05, 3.63) is 38.9 Å². The molecular formula is C10H8ClN3O3S. The zero-order chi connectivity index (χ0) is 13.3. The molecule has 0 fully saturated rings. The van der Waals surface area contributed by atoms with Gasteiger partial charge in [-0.15, -0.1) is 0 Å². The number of aryl methyl sites for hydroxylation is 2. The minimum atomic E-state index is -0.524. The maximum absolute atomic E-state index is 10.7. The molecule has 0 aromatic carbocycles. The number of hydrogen-bond acceptors (Lipinski definition) is 6. The Morgan fingerprint density at radius 1 is 1.39 bits per heavy atom. The fourth-order valence-corrected chi connectivity index (χ4v) is 2.30. The lowest BCUT2D eigenvalue weighted by Gasteiger charge is -1.98. The van der Waals surface area contributed by atoms with Gasteiger partial charge in [0.15, 0.2) is 0 Å². The van der Waals surface area contributed by atoms with Crippen LogP contribution >= 0.6 is 23.4 Å². The molecule has 2 aromatic rings. The van der Waals surface area contributed by atoms with Gasteiger partial charge in [-0.3, -0.25) is 10.1 Å². The Morgan fingerprint density at radius 3 is 2.67 bits per heavy atom. The second-order valence-electron chi connectivity index (χ2n) is 3.47. The van der Waals surface area contributed by atoms with Crippen molar-refractivity contribution in [2.75, 3.05) is 0 Å². The lowest BCUT2D eigenvalue weighted by atomic mass is 10.4. The molecule has 0 aliphatic heterocycles. The number of oxazole rings is 1. The molecule has 2 rings (SSSR count). The van der Waals surface area contributed by atoms with Crippen molar-refractivity contribution in [1.29, 1.82) is 0 Å². The molecule has 0 amide bonds. The first-order valence-electron chi connectivity index (χ1n) is 4.89. The van der Waals surface area contributed by atoms with E-state index in [1.54, 1.807) is 6.92 Å². The van der Waals surface area contributed by atoms with Crippen LogP contribution in [0.25, 0.3) is 0 Å². The predicted molar refractivity (Wildman–Crippen MR) is 66.0 cm³/mol. The van der Waals surface area contributed by atoms with E-state index < -0.39 is 4.92 Å². The van der Waals surface area contributed by atoms with Crippen molar-refractivity contribution in [3.8, 4) is 0 Å². The van der Waals surface area contributed by atoms with E-state index in [0.717, 1.165) is 17.5 Å². The molecule has 18 heavy (non-hydrogen) atoms. The van der Waals surface area contributed by atoms with Crippen LogP contribution in [0.4, 0.5) is 5.69 Å². The third-order valence-electron chi connectivity index (χ3n) is 2.17. The molecule has 0 spiro atoms. The molecule has 0 saturated carbocycles. The Hall–Kier alpha value is -1.60. The van der Waals surface area contributed by atoms with Gasteiger partial charge in [0.2, 0.25) is 0 Å². The van der Waals surface area contributed by atoms with E-state index >= 15 is 0 Å². The second kappa shape index (κ2) is 4.95. The standard InChI is InChI=1S/C10H8ClN3O3S/c1-5-6(2)17-10(12-5)18-9-4-7(14(15)16)3-8(11)13-9/h3-4H,1-2H3. The topological polar surface area (TPSA) is 82.1 Å². The summed E-state index contributed by atoms with van der Waals surface area (Å²) in [7, 11) is 0. The molecule has 2 aromatic heterocycles. The SMILES string of the molecule is Cc1nc(Sc2cc([N+](=O)[O-])cc(Cl)n2)oc1C. The van der Waals surface area contributed by atoms with Crippen LogP contribution in [-0.4, -0.2) is 14.9 Å². The highest BCUT2D eigenvalue weighted by atomic mass is 35.5. The van der Waals surface area contributed by atoms with Gasteiger partial charge in [-0.2, -0.15) is 0 Å². The monoisotopic (exact) mass is 285 g/mol. The number of aromatic nitrogens is 2. The van der Waals surface area contributed by atoms with Crippen LogP contribution in [0.15, 0.2) is 26.8 Å². The average Bonchev–Trinajstić information content (AvgIpc) is 2.56. The van der Waals surface area contributed by atoms with Crippen LogP contribution in [0, 0.1) is 24.0 Å². The van der Waals surface area contributed by atoms with Crippen LogP contribution in [-0.2, 0) is 0 Å². The van der Waals surface area contributed by atoms with Gasteiger partial charge in [-0.05, 0) is 25.6 Å². The minimum absolute atomic E-state index is 0.0618. The molecule has 6 nitrogen and oxygen atoms in total. The Kier molecular flexibility index (Phi) is 3.53. The minimum Gasteiger partial charge on any atom is -0.436 e. The van der Waals surface area contributed by atoms with Crippen LogP contribution < -0.4 is 0 Å². The molecule has 94 valence electrons. The molecular weight excluding hydrogens is 278 g/mol. The maximum atomic E-state index is 10.7. The molecule has 0 N–H and O–H groups in total. The zero-order valence-electron chi connectivity index (χ0n) is 9.51. The molecule has 0 saturated heterocycles. The zero-order valence-corrected chi connectivity index (χ0v) is 11.1. The van der Waals surface area contributed by atoms with Crippen molar-refractivity contribution >= 4 is 29.1 Å². The molecule has 0 aliphatic rings. The first-order valence-corrected chi connectivity index (χ1v) is 6.09. The van der Waals surface area contributed by atoms with E-state index in [0.29, 0.717) is 16.0 Å². The largest absolute Gasteiger partial charge is 0.436 e. The van der Waals surface area contributed by atoms with Gasteiger partial charge in [0.05, 0.1) is 16.7 Å². The quantitative estimate of drug-likeness (QED) is 0.488. The summed E-state index contributed by atoms with van der Waals surface area (Å²) < 4.78 is 5.36. The summed E-state index contributed by atoms with van der Waals surface area (Å²) >= 11 is 6.81. The molecule has 0 aliphatic carbocycles. The molecule has 8 heteroatoms. The highest BCUT2D eigenvalue weighted by molar-refractivity contribution is 7.99. The van der Waals surface area contributed by atoms with E-state index in [2.05, 4.69) is 9.97 Å². The highest BCUT2D eigenvalue weighted by Gasteiger charge is 2.14. The van der Waals surface area contributed by atoms with Crippen molar-refractivity contribution in [2.45, 2.75) is 24.1 Å². The third-order valence-corrected chi connectivity index (χ3v) is 3.13. The smallest absolute Gasteiger partial charge is 0.275 e. The number of hydrogen-bond donors (Lipinski definition) is 0. The molecule has 0 unspecified atom stereocenters. The van der Waals surface area contributed by atoms with Crippen molar-refractivity contribution in [3.63, 3.8) is 0 Å². The Bertz CT molecular complexity index is 595. The van der Waals surface area contributed by atoms with E-state index in [1.807, 2.05) is 6.92 Å².